The predicted octanol–water partition coefficient (Wildman–Crippen LogP) is 8.01. The van der Waals surface area contributed by atoms with Crippen molar-refractivity contribution in [2.75, 3.05) is 0 Å². The zero-order valence-electron chi connectivity index (χ0n) is 18.9. The Labute approximate surface area is 205 Å². The first-order chi connectivity index (χ1) is 16.7. The minimum Gasteiger partial charge on any atom is -0.488 e. The summed E-state index contributed by atoms with van der Waals surface area (Å²) >= 11 is 1.49. The van der Waals surface area contributed by atoms with Gasteiger partial charge in [0.25, 0.3) is 0 Å². The summed E-state index contributed by atoms with van der Waals surface area (Å²) in [6, 6.07) is 22.6. The fraction of sp³-hybridized carbons (Fsp3) is 0.179. The molecule has 0 fully saturated rings. The molecule has 0 unspecified atom stereocenters. The summed E-state index contributed by atoms with van der Waals surface area (Å²) in [5, 5.41) is 8.91. The second-order valence-electron chi connectivity index (χ2n) is 8.16. The third-order valence-corrected chi connectivity index (χ3v) is 6.84. The maximum absolute atomic E-state index is 13.0. The molecule has 0 aliphatic carbocycles. The number of aliphatic carboxylic acids is 1. The Bertz CT molecular complexity index is 1310. The van der Waals surface area contributed by atoms with Gasteiger partial charge in [0, 0.05) is 11.3 Å². The maximum atomic E-state index is 13.0. The lowest BCUT2D eigenvalue weighted by molar-refractivity contribution is -0.138. The van der Waals surface area contributed by atoms with Crippen molar-refractivity contribution in [2.45, 2.75) is 32.5 Å². The van der Waals surface area contributed by atoms with Crippen molar-refractivity contribution in [2.24, 2.45) is 0 Å². The highest BCUT2D eigenvalue weighted by atomic mass is 32.1. The predicted molar refractivity (Wildman–Crippen MR) is 132 cm³/mol. The third-order valence-electron chi connectivity index (χ3n) is 5.68. The number of carboxylic acid groups (broad SMARTS) is 1. The van der Waals surface area contributed by atoms with Gasteiger partial charge in [-0.15, -0.1) is 11.3 Å². The number of hydrogen-bond acceptors (Lipinski definition) is 3. The van der Waals surface area contributed by atoms with Gasteiger partial charge in [-0.3, -0.25) is 4.79 Å². The molecule has 0 saturated carbocycles. The van der Waals surface area contributed by atoms with Crippen molar-refractivity contribution >= 4 is 17.3 Å². The number of ether oxygens (including phenoxy) is 1. The van der Waals surface area contributed by atoms with Gasteiger partial charge in [0.1, 0.15) is 12.4 Å². The van der Waals surface area contributed by atoms with E-state index in [1.165, 1.54) is 23.5 Å². The van der Waals surface area contributed by atoms with E-state index in [2.05, 4.69) is 0 Å². The number of halogens is 3. The fourth-order valence-corrected chi connectivity index (χ4v) is 4.89. The van der Waals surface area contributed by atoms with Crippen LogP contribution in [0.5, 0.6) is 5.75 Å². The van der Waals surface area contributed by atoms with Crippen molar-refractivity contribution in [1.29, 1.82) is 0 Å². The fourth-order valence-electron chi connectivity index (χ4n) is 3.79. The second-order valence-corrected chi connectivity index (χ2v) is 9.30. The number of carboxylic acids is 1. The highest BCUT2D eigenvalue weighted by Crippen LogP contribution is 2.39. The lowest BCUT2D eigenvalue weighted by Gasteiger charge is -2.10. The van der Waals surface area contributed by atoms with E-state index in [0.717, 1.165) is 44.1 Å². The van der Waals surface area contributed by atoms with Gasteiger partial charge >= 0.3 is 12.1 Å². The van der Waals surface area contributed by atoms with Crippen molar-refractivity contribution in [3.05, 3.63) is 100 Å². The van der Waals surface area contributed by atoms with Crippen molar-refractivity contribution in [3.63, 3.8) is 0 Å². The Morgan fingerprint density at radius 2 is 1.66 bits per heavy atom. The smallest absolute Gasteiger partial charge is 0.416 e. The molecule has 0 aliphatic rings. The van der Waals surface area contributed by atoms with Crippen molar-refractivity contribution < 1.29 is 27.8 Å². The number of thiophene rings is 1. The van der Waals surface area contributed by atoms with Crippen LogP contribution in [0.15, 0.2) is 78.9 Å². The van der Waals surface area contributed by atoms with Crippen LogP contribution in [-0.2, 0) is 24.0 Å². The van der Waals surface area contributed by atoms with E-state index in [1.54, 1.807) is 0 Å². The Morgan fingerprint density at radius 3 is 2.29 bits per heavy atom. The number of hydrogen-bond donors (Lipinski definition) is 1. The Hall–Kier alpha value is -3.58. The molecule has 35 heavy (non-hydrogen) atoms. The summed E-state index contributed by atoms with van der Waals surface area (Å²) < 4.78 is 45.0. The van der Waals surface area contributed by atoms with Crippen LogP contribution in [0.1, 0.15) is 28.0 Å². The van der Waals surface area contributed by atoms with Crippen LogP contribution in [0, 0.1) is 6.92 Å². The summed E-state index contributed by atoms with van der Waals surface area (Å²) in [6.45, 7) is 2.22. The van der Waals surface area contributed by atoms with E-state index < -0.39 is 17.7 Å². The van der Waals surface area contributed by atoms with E-state index in [-0.39, 0.29) is 6.42 Å². The molecule has 180 valence electrons. The summed E-state index contributed by atoms with van der Waals surface area (Å²) in [5.74, 6) is -0.162. The molecule has 4 aromatic rings. The minimum atomic E-state index is -4.37. The molecule has 0 aliphatic heterocycles. The molecule has 0 radical (unpaired) electrons. The molecule has 7 heteroatoms. The van der Waals surface area contributed by atoms with Crippen molar-refractivity contribution in [1.82, 2.24) is 0 Å². The molecular weight excluding hydrogens is 473 g/mol. The second kappa shape index (κ2) is 10.4. The van der Waals surface area contributed by atoms with Gasteiger partial charge < -0.3 is 9.84 Å². The molecule has 3 aromatic carbocycles. The molecule has 0 saturated heterocycles. The monoisotopic (exact) mass is 496 g/mol. The average molecular weight is 497 g/mol. The lowest BCUT2D eigenvalue weighted by atomic mass is 10.0. The average Bonchev–Trinajstić information content (AvgIpc) is 3.26. The normalized spacial score (nSPS) is 11.4. The molecule has 0 amide bonds. The molecule has 0 spiro atoms. The van der Waals surface area contributed by atoms with E-state index in [4.69, 9.17) is 9.84 Å². The zero-order chi connectivity index (χ0) is 25.0. The maximum Gasteiger partial charge on any atom is 0.416 e. The zero-order valence-corrected chi connectivity index (χ0v) is 19.7. The van der Waals surface area contributed by atoms with Gasteiger partial charge in [0.05, 0.1) is 10.4 Å². The highest BCUT2D eigenvalue weighted by Gasteiger charge is 2.30. The van der Waals surface area contributed by atoms with Crippen LogP contribution in [0.2, 0.25) is 0 Å². The number of aryl methyl sites for hydroxylation is 2. The van der Waals surface area contributed by atoms with Gasteiger partial charge in [-0.25, -0.2) is 0 Å². The van der Waals surface area contributed by atoms with E-state index in [9.17, 15) is 18.0 Å². The summed E-state index contributed by atoms with van der Waals surface area (Å²) in [7, 11) is 0. The van der Waals surface area contributed by atoms with Crippen LogP contribution in [0.3, 0.4) is 0 Å². The van der Waals surface area contributed by atoms with Crippen LogP contribution >= 0.6 is 11.3 Å². The first kappa shape index (κ1) is 24.5. The molecule has 1 aromatic heterocycles. The topological polar surface area (TPSA) is 46.5 Å². The molecule has 1 N–H and O–H groups in total. The number of benzene rings is 3. The summed E-state index contributed by atoms with van der Waals surface area (Å²) in [4.78, 5) is 12.7. The van der Waals surface area contributed by atoms with E-state index in [0.29, 0.717) is 24.3 Å². The van der Waals surface area contributed by atoms with E-state index in [1.807, 2.05) is 61.5 Å². The SMILES string of the molecule is Cc1cc(OCc2sc(-c3ccc(C(F)(F)F)cc3)cc2-c2ccccc2)ccc1CCC(=O)O. The van der Waals surface area contributed by atoms with Crippen LogP contribution < -0.4 is 4.74 Å². The lowest BCUT2D eigenvalue weighted by Crippen LogP contribution is -2.03. The van der Waals surface area contributed by atoms with Crippen LogP contribution in [0.4, 0.5) is 13.2 Å². The Morgan fingerprint density at radius 1 is 0.943 bits per heavy atom. The van der Waals surface area contributed by atoms with E-state index >= 15 is 0 Å². The van der Waals surface area contributed by atoms with Crippen LogP contribution in [0.25, 0.3) is 21.6 Å². The highest BCUT2D eigenvalue weighted by molar-refractivity contribution is 7.16. The minimum absolute atomic E-state index is 0.0728. The molecule has 3 nitrogen and oxygen atoms in total. The molecule has 0 atom stereocenters. The van der Waals surface area contributed by atoms with Crippen LogP contribution in [-0.4, -0.2) is 11.1 Å². The van der Waals surface area contributed by atoms with Gasteiger partial charge in [0.15, 0.2) is 0 Å². The summed E-state index contributed by atoms with van der Waals surface area (Å²) in [6.07, 6.45) is -3.84. The largest absolute Gasteiger partial charge is 0.488 e. The van der Waals surface area contributed by atoms with Gasteiger partial charge in [-0.05, 0) is 71.5 Å². The first-order valence-electron chi connectivity index (χ1n) is 11.0. The standard InChI is InChI=1S/C28H23F3O3S/c1-18-15-23(13-9-19(18)10-14-27(32)33)34-17-26-24(20-5-3-2-4-6-20)16-25(35-26)21-7-11-22(12-8-21)28(29,30)31/h2-9,11-13,15-16H,10,14,17H2,1H3,(H,32,33). The van der Waals surface area contributed by atoms with Gasteiger partial charge in [0.2, 0.25) is 0 Å². The van der Waals surface area contributed by atoms with Gasteiger partial charge in [-0.2, -0.15) is 13.2 Å². The Balaban J connectivity index is 1.59. The molecule has 1 heterocycles. The third kappa shape index (κ3) is 6.11. The number of alkyl halides is 3. The number of rotatable bonds is 8. The molecule has 4 rings (SSSR count). The first-order valence-corrected chi connectivity index (χ1v) is 11.8. The number of carbonyl (C=O) groups is 1. The molecule has 0 bridgehead atoms. The summed E-state index contributed by atoms with van der Waals surface area (Å²) in [5.41, 5.74) is 3.94. The van der Waals surface area contributed by atoms with Gasteiger partial charge in [-0.1, -0.05) is 48.5 Å². The quantitative estimate of drug-likeness (QED) is 0.269. The van der Waals surface area contributed by atoms with Crippen molar-refractivity contribution in [3.8, 4) is 27.3 Å². The molecular formula is C28H23F3O3S. The Kier molecular flexibility index (Phi) is 7.26.